The van der Waals surface area contributed by atoms with Crippen LogP contribution in [-0.2, 0) is 9.53 Å². The first-order chi connectivity index (χ1) is 13.4. The molecule has 2 aromatic carbocycles. The molecule has 0 saturated heterocycles. The number of benzene rings is 2. The Morgan fingerprint density at radius 2 is 1.93 bits per heavy atom. The summed E-state index contributed by atoms with van der Waals surface area (Å²) in [6.07, 6.45) is 1.79. The van der Waals surface area contributed by atoms with Crippen molar-refractivity contribution in [2.45, 2.75) is 39.5 Å². The fourth-order valence-corrected chi connectivity index (χ4v) is 2.94. The van der Waals surface area contributed by atoms with Crippen LogP contribution >= 0.6 is 15.9 Å². The number of carbonyl (C=O) groups excluding carboxylic acids is 2. The van der Waals surface area contributed by atoms with Crippen LogP contribution in [0.15, 0.2) is 46.9 Å². The van der Waals surface area contributed by atoms with Gasteiger partial charge in [0.15, 0.2) is 6.61 Å². The molecule has 2 aromatic rings. The Balaban J connectivity index is 1.95. The molecular formula is C22H26BrNO4. The molecule has 0 aliphatic rings. The number of hydrogen-bond acceptors (Lipinski definition) is 4. The summed E-state index contributed by atoms with van der Waals surface area (Å²) < 4.78 is 11.9. The van der Waals surface area contributed by atoms with Gasteiger partial charge in [-0.25, -0.2) is 4.79 Å². The second kappa shape index (κ2) is 10.9. The molecule has 6 heteroatoms. The van der Waals surface area contributed by atoms with Crippen molar-refractivity contribution < 1.29 is 19.1 Å². The second-order valence-corrected chi connectivity index (χ2v) is 7.66. The van der Waals surface area contributed by atoms with Crippen LogP contribution in [0.1, 0.15) is 55.5 Å². The SMILES string of the molecule is CCCCOC(=O)c1cccc(NC(=O)COc2ccc(Br)cc2C(C)C)c1. The largest absolute Gasteiger partial charge is 0.483 e. The summed E-state index contributed by atoms with van der Waals surface area (Å²) in [6.45, 7) is 6.45. The van der Waals surface area contributed by atoms with Crippen molar-refractivity contribution in [2.75, 3.05) is 18.5 Å². The molecule has 0 saturated carbocycles. The monoisotopic (exact) mass is 447 g/mol. The fraction of sp³-hybridized carbons (Fsp3) is 0.364. The molecule has 0 heterocycles. The number of halogens is 1. The maximum absolute atomic E-state index is 12.3. The van der Waals surface area contributed by atoms with Crippen molar-refractivity contribution in [3.63, 3.8) is 0 Å². The van der Waals surface area contributed by atoms with Gasteiger partial charge >= 0.3 is 5.97 Å². The minimum absolute atomic E-state index is 0.119. The van der Waals surface area contributed by atoms with Crippen LogP contribution in [0.4, 0.5) is 5.69 Å². The molecule has 0 radical (unpaired) electrons. The topological polar surface area (TPSA) is 64.6 Å². The molecule has 5 nitrogen and oxygen atoms in total. The van der Waals surface area contributed by atoms with Gasteiger partial charge in [-0.15, -0.1) is 0 Å². The number of amides is 1. The predicted molar refractivity (Wildman–Crippen MR) is 114 cm³/mol. The van der Waals surface area contributed by atoms with Gasteiger partial charge in [0.05, 0.1) is 12.2 Å². The van der Waals surface area contributed by atoms with Gasteiger partial charge in [-0.3, -0.25) is 4.79 Å². The smallest absolute Gasteiger partial charge is 0.338 e. The number of nitrogens with one attached hydrogen (secondary N) is 1. The number of ether oxygens (including phenoxy) is 2. The van der Waals surface area contributed by atoms with Crippen LogP contribution in [0.2, 0.25) is 0 Å². The molecule has 150 valence electrons. The third-order valence-corrected chi connectivity index (χ3v) is 4.56. The lowest BCUT2D eigenvalue weighted by Crippen LogP contribution is -2.21. The Morgan fingerprint density at radius 1 is 1.14 bits per heavy atom. The lowest BCUT2D eigenvalue weighted by atomic mass is 10.0. The highest BCUT2D eigenvalue weighted by molar-refractivity contribution is 9.10. The summed E-state index contributed by atoms with van der Waals surface area (Å²) in [7, 11) is 0. The van der Waals surface area contributed by atoms with E-state index in [1.165, 1.54) is 0 Å². The molecule has 28 heavy (non-hydrogen) atoms. The minimum Gasteiger partial charge on any atom is -0.483 e. The van der Waals surface area contributed by atoms with E-state index in [2.05, 4.69) is 35.1 Å². The van der Waals surface area contributed by atoms with Gasteiger partial charge in [0.1, 0.15) is 5.75 Å². The lowest BCUT2D eigenvalue weighted by Gasteiger charge is -2.14. The van der Waals surface area contributed by atoms with Crippen molar-refractivity contribution >= 4 is 33.5 Å². The van der Waals surface area contributed by atoms with Crippen LogP contribution in [0.5, 0.6) is 5.75 Å². The molecule has 0 aromatic heterocycles. The number of anilines is 1. The van der Waals surface area contributed by atoms with E-state index in [0.717, 1.165) is 22.9 Å². The molecule has 0 unspecified atom stereocenters. The summed E-state index contributed by atoms with van der Waals surface area (Å²) >= 11 is 3.45. The Labute approximate surface area is 174 Å². The van der Waals surface area contributed by atoms with Gasteiger partial charge in [-0.1, -0.05) is 49.2 Å². The zero-order valence-corrected chi connectivity index (χ0v) is 18.0. The maximum Gasteiger partial charge on any atom is 0.338 e. The van der Waals surface area contributed by atoms with E-state index in [-0.39, 0.29) is 18.4 Å². The molecule has 0 spiro atoms. The summed E-state index contributed by atoms with van der Waals surface area (Å²) in [5, 5.41) is 2.75. The first-order valence-corrected chi connectivity index (χ1v) is 10.2. The Kier molecular flexibility index (Phi) is 8.51. The van der Waals surface area contributed by atoms with Crippen molar-refractivity contribution in [3.8, 4) is 5.75 Å². The van der Waals surface area contributed by atoms with E-state index in [1.807, 2.05) is 25.1 Å². The first-order valence-electron chi connectivity index (χ1n) is 9.40. The first kappa shape index (κ1) is 22.0. The van der Waals surface area contributed by atoms with Crippen LogP contribution in [0.25, 0.3) is 0 Å². The summed E-state index contributed by atoms with van der Waals surface area (Å²) in [6, 6.07) is 12.4. The quantitative estimate of drug-likeness (QED) is 0.404. The van der Waals surface area contributed by atoms with Crippen LogP contribution < -0.4 is 10.1 Å². The van der Waals surface area contributed by atoms with Crippen LogP contribution in [-0.4, -0.2) is 25.1 Å². The predicted octanol–water partition coefficient (Wildman–Crippen LogP) is 5.55. The summed E-state index contributed by atoms with van der Waals surface area (Å²) in [4.78, 5) is 24.3. The summed E-state index contributed by atoms with van der Waals surface area (Å²) in [5.74, 6) is 0.263. The number of rotatable bonds is 9. The van der Waals surface area contributed by atoms with Gasteiger partial charge in [-0.05, 0) is 54.3 Å². The average Bonchev–Trinajstić information content (AvgIpc) is 2.67. The van der Waals surface area contributed by atoms with Crippen molar-refractivity contribution in [1.29, 1.82) is 0 Å². The van der Waals surface area contributed by atoms with Gasteiger partial charge in [-0.2, -0.15) is 0 Å². The molecule has 1 N–H and O–H groups in total. The van der Waals surface area contributed by atoms with E-state index in [0.29, 0.717) is 23.6 Å². The Hall–Kier alpha value is -2.34. The molecule has 2 rings (SSSR count). The number of carbonyl (C=O) groups is 2. The third kappa shape index (κ3) is 6.68. The molecule has 0 aliphatic carbocycles. The van der Waals surface area contributed by atoms with Gasteiger partial charge < -0.3 is 14.8 Å². The molecule has 0 fully saturated rings. The van der Waals surface area contributed by atoms with Crippen LogP contribution in [0, 0.1) is 0 Å². The number of hydrogen-bond donors (Lipinski definition) is 1. The highest BCUT2D eigenvalue weighted by Crippen LogP contribution is 2.29. The second-order valence-electron chi connectivity index (χ2n) is 6.74. The van der Waals surface area contributed by atoms with Crippen molar-refractivity contribution in [2.24, 2.45) is 0 Å². The fourth-order valence-electron chi connectivity index (χ4n) is 2.56. The summed E-state index contributed by atoms with van der Waals surface area (Å²) in [5.41, 5.74) is 1.96. The Morgan fingerprint density at radius 3 is 2.64 bits per heavy atom. The van der Waals surface area contributed by atoms with E-state index in [9.17, 15) is 9.59 Å². The number of unbranched alkanes of at least 4 members (excludes halogenated alkanes) is 1. The molecular weight excluding hydrogens is 422 g/mol. The highest BCUT2D eigenvalue weighted by Gasteiger charge is 2.12. The zero-order chi connectivity index (χ0) is 20.5. The zero-order valence-electron chi connectivity index (χ0n) is 16.5. The van der Waals surface area contributed by atoms with Crippen molar-refractivity contribution in [3.05, 3.63) is 58.1 Å². The van der Waals surface area contributed by atoms with Gasteiger partial charge in [0, 0.05) is 10.2 Å². The van der Waals surface area contributed by atoms with Crippen LogP contribution in [0.3, 0.4) is 0 Å². The van der Waals surface area contributed by atoms with Crippen molar-refractivity contribution in [1.82, 2.24) is 0 Å². The van der Waals surface area contributed by atoms with E-state index in [4.69, 9.17) is 9.47 Å². The minimum atomic E-state index is -0.391. The maximum atomic E-state index is 12.3. The molecule has 0 atom stereocenters. The highest BCUT2D eigenvalue weighted by atomic mass is 79.9. The van der Waals surface area contributed by atoms with E-state index < -0.39 is 5.97 Å². The van der Waals surface area contributed by atoms with E-state index >= 15 is 0 Å². The lowest BCUT2D eigenvalue weighted by molar-refractivity contribution is -0.118. The molecule has 0 bridgehead atoms. The average molecular weight is 448 g/mol. The van der Waals surface area contributed by atoms with Gasteiger partial charge in [0.25, 0.3) is 5.91 Å². The van der Waals surface area contributed by atoms with Gasteiger partial charge in [0.2, 0.25) is 0 Å². The molecule has 0 aliphatic heterocycles. The molecule has 1 amide bonds. The standard InChI is InChI=1S/C22H26BrNO4/c1-4-5-11-27-22(26)16-7-6-8-18(12-16)24-21(25)14-28-20-10-9-17(23)13-19(20)15(2)3/h6-10,12-13,15H,4-5,11,14H2,1-3H3,(H,24,25). The van der Waals surface area contributed by atoms with E-state index in [1.54, 1.807) is 24.3 Å². The number of esters is 1. The Bertz CT molecular complexity index is 820. The third-order valence-electron chi connectivity index (χ3n) is 4.07. The normalized spacial score (nSPS) is 10.6.